The van der Waals surface area contributed by atoms with Crippen LogP contribution in [-0.2, 0) is 4.79 Å². The predicted octanol–water partition coefficient (Wildman–Crippen LogP) is 2.91. The molecule has 0 saturated heterocycles. The molecule has 0 aromatic heterocycles. The Hall–Kier alpha value is -1.07. The van der Waals surface area contributed by atoms with Gasteiger partial charge in [-0.3, -0.25) is 4.79 Å². The molecule has 1 aliphatic carbocycles. The Morgan fingerprint density at radius 1 is 1.50 bits per heavy atom. The largest absolute Gasteiger partial charge is 0.483 e. The van der Waals surface area contributed by atoms with Crippen molar-refractivity contribution in [2.75, 3.05) is 6.61 Å². The summed E-state index contributed by atoms with van der Waals surface area (Å²) in [5.74, 6) is 0.611. The smallest absolute Gasteiger partial charge is 0.258 e. The van der Waals surface area contributed by atoms with Crippen LogP contribution in [-0.4, -0.2) is 18.6 Å². The van der Waals surface area contributed by atoms with E-state index in [1.807, 2.05) is 25.1 Å². The number of carbonyl (C=O) groups is 1. The lowest BCUT2D eigenvalue weighted by Crippen LogP contribution is -2.36. The van der Waals surface area contributed by atoms with Gasteiger partial charge in [0, 0.05) is 22.1 Å². The SMILES string of the molecule is C[C@@H](N)c1cc(Br)ccc1OCC(=O)NC1CCCC1. The predicted molar refractivity (Wildman–Crippen MR) is 82.6 cm³/mol. The summed E-state index contributed by atoms with van der Waals surface area (Å²) in [6, 6.07) is 5.83. The fraction of sp³-hybridized carbons (Fsp3) is 0.533. The molecule has 5 heteroatoms. The fourth-order valence-corrected chi connectivity index (χ4v) is 2.87. The van der Waals surface area contributed by atoms with Crippen LogP contribution in [0.15, 0.2) is 22.7 Å². The molecule has 1 fully saturated rings. The molecular weight excluding hydrogens is 320 g/mol. The summed E-state index contributed by atoms with van der Waals surface area (Å²) in [7, 11) is 0. The standard InChI is InChI=1S/C15H21BrN2O2/c1-10(17)13-8-11(16)6-7-14(13)20-9-15(19)18-12-4-2-3-5-12/h6-8,10,12H,2-5,9,17H2,1H3,(H,18,19)/t10-/m1/s1. The Balaban J connectivity index is 1.91. The van der Waals surface area contributed by atoms with Crippen LogP contribution in [0.25, 0.3) is 0 Å². The zero-order chi connectivity index (χ0) is 14.5. The molecule has 3 N–H and O–H groups in total. The van der Waals surface area contributed by atoms with Gasteiger partial charge in [0.15, 0.2) is 6.61 Å². The highest BCUT2D eigenvalue weighted by Crippen LogP contribution is 2.27. The first-order valence-corrected chi connectivity index (χ1v) is 7.83. The lowest BCUT2D eigenvalue weighted by Gasteiger charge is -2.16. The molecule has 0 bridgehead atoms. The Bertz CT molecular complexity index is 471. The normalized spacial score (nSPS) is 16.9. The summed E-state index contributed by atoms with van der Waals surface area (Å²) < 4.78 is 6.56. The van der Waals surface area contributed by atoms with Gasteiger partial charge >= 0.3 is 0 Å². The zero-order valence-electron chi connectivity index (χ0n) is 11.7. The maximum Gasteiger partial charge on any atom is 0.258 e. The van der Waals surface area contributed by atoms with E-state index in [2.05, 4.69) is 21.2 Å². The monoisotopic (exact) mass is 340 g/mol. The lowest BCUT2D eigenvalue weighted by atomic mass is 10.1. The number of rotatable bonds is 5. The van der Waals surface area contributed by atoms with Crippen LogP contribution in [0.4, 0.5) is 0 Å². The third kappa shape index (κ3) is 4.21. The first kappa shape index (κ1) is 15.3. The number of amides is 1. The van der Waals surface area contributed by atoms with E-state index in [4.69, 9.17) is 10.5 Å². The number of carbonyl (C=O) groups excluding carboxylic acids is 1. The fourth-order valence-electron chi connectivity index (χ4n) is 2.49. The van der Waals surface area contributed by atoms with Crippen LogP contribution < -0.4 is 15.8 Å². The van der Waals surface area contributed by atoms with Gasteiger partial charge in [-0.15, -0.1) is 0 Å². The van der Waals surface area contributed by atoms with E-state index in [1.54, 1.807) is 0 Å². The van der Waals surface area contributed by atoms with Gasteiger partial charge in [-0.2, -0.15) is 0 Å². The van der Waals surface area contributed by atoms with Crippen molar-refractivity contribution < 1.29 is 9.53 Å². The van der Waals surface area contributed by atoms with Crippen molar-refractivity contribution in [1.82, 2.24) is 5.32 Å². The third-order valence-corrected chi connectivity index (χ3v) is 4.03. The summed E-state index contributed by atoms with van der Waals surface area (Å²) in [6.07, 6.45) is 4.56. The van der Waals surface area contributed by atoms with E-state index in [0.29, 0.717) is 11.8 Å². The molecule has 4 nitrogen and oxygen atoms in total. The van der Waals surface area contributed by atoms with Crippen LogP contribution in [0.1, 0.15) is 44.2 Å². The zero-order valence-corrected chi connectivity index (χ0v) is 13.3. The molecule has 1 amide bonds. The molecule has 1 atom stereocenters. The maximum atomic E-state index is 11.8. The van der Waals surface area contributed by atoms with Gasteiger partial charge in [0.25, 0.3) is 5.91 Å². The molecule has 1 aromatic rings. The molecule has 0 radical (unpaired) electrons. The summed E-state index contributed by atoms with van der Waals surface area (Å²) in [6.45, 7) is 1.94. The summed E-state index contributed by atoms with van der Waals surface area (Å²) in [4.78, 5) is 11.8. The highest BCUT2D eigenvalue weighted by Gasteiger charge is 2.17. The van der Waals surface area contributed by atoms with Gasteiger partial charge in [0.1, 0.15) is 5.75 Å². The molecule has 0 heterocycles. The van der Waals surface area contributed by atoms with Crippen molar-refractivity contribution in [2.24, 2.45) is 5.73 Å². The molecule has 2 rings (SSSR count). The van der Waals surface area contributed by atoms with E-state index < -0.39 is 0 Å². The maximum absolute atomic E-state index is 11.8. The Labute approximate surface area is 128 Å². The average Bonchev–Trinajstić information content (AvgIpc) is 2.90. The van der Waals surface area contributed by atoms with E-state index in [1.165, 1.54) is 12.8 Å². The second-order valence-corrected chi connectivity index (χ2v) is 6.22. The molecule has 0 spiro atoms. The second kappa shape index (κ2) is 7.09. The summed E-state index contributed by atoms with van der Waals surface area (Å²) in [5.41, 5.74) is 6.82. The summed E-state index contributed by atoms with van der Waals surface area (Å²) >= 11 is 3.41. The molecule has 1 saturated carbocycles. The quantitative estimate of drug-likeness (QED) is 0.866. The number of halogens is 1. The first-order chi connectivity index (χ1) is 9.56. The lowest BCUT2D eigenvalue weighted by molar-refractivity contribution is -0.123. The molecule has 20 heavy (non-hydrogen) atoms. The third-order valence-electron chi connectivity index (χ3n) is 3.54. The van der Waals surface area contributed by atoms with Gasteiger partial charge < -0.3 is 15.8 Å². The van der Waals surface area contributed by atoms with Crippen LogP contribution in [0.2, 0.25) is 0 Å². The topological polar surface area (TPSA) is 64.3 Å². The van der Waals surface area contributed by atoms with Gasteiger partial charge in [-0.25, -0.2) is 0 Å². The van der Waals surface area contributed by atoms with E-state index in [0.717, 1.165) is 22.9 Å². The van der Waals surface area contributed by atoms with Gasteiger partial charge in [0.05, 0.1) is 0 Å². The minimum atomic E-state index is -0.139. The highest BCUT2D eigenvalue weighted by molar-refractivity contribution is 9.10. The number of ether oxygens (including phenoxy) is 1. The van der Waals surface area contributed by atoms with E-state index in [9.17, 15) is 4.79 Å². The number of nitrogens with two attached hydrogens (primary N) is 1. The number of benzene rings is 1. The van der Waals surface area contributed by atoms with Gasteiger partial charge in [-0.05, 0) is 38.0 Å². The van der Waals surface area contributed by atoms with Crippen molar-refractivity contribution in [3.05, 3.63) is 28.2 Å². The minimum Gasteiger partial charge on any atom is -0.483 e. The average molecular weight is 341 g/mol. The van der Waals surface area contributed by atoms with Crippen LogP contribution in [0.5, 0.6) is 5.75 Å². The number of hydrogen-bond donors (Lipinski definition) is 2. The van der Waals surface area contributed by atoms with E-state index in [-0.39, 0.29) is 18.6 Å². The Kier molecular flexibility index (Phi) is 5.43. The Morgan fingerprint density at radius 2 is 2.20 bits per heavy atom. The van der Waals surface area contributed by atoms with Crippen molar-refractivity contribution in [3.8, 4) is 5.75 Å². The van der Waals surface area contributed by atoms with Gasteiger partial charge in [0.2, 0.25) is 0 Å². The molecule has 1 aromatic carbocycles. The van der Waals surface area contributed by atoms with Crippen molar-refractivity contribution in [2.45, 2.75) is 44.7 Å². The molecule has 1 aliphatic rings. The molecule has 110 valence electrons. The number of nitrogens with one attached hydrogen (secondary N) is 1. The van der Waals surface area contributed by atoms with Crippen LogP contribution >= 0.6 is 15.9 Å². The van der Waals surface area contributed by atoms with Crippen molar-refractivity contribution >= 4 is 21.8 Å². The van der Waals surface area contributed by atoms with Gasteiger partial charge in [-0.1, -0.05) is 28.8 Å². The molecule has 0 unspecified atom stereocenters. The highest BCUT2D eigenvalue weighted by atomic mass is 79.9. The van der Waals surface area contributed by atoms with Crippen LogP contribution in [0, 0.1) is 0 Å². The van der Waals surface area contributed by atoms with E-state index >= 15 is 0 Å². The molecule has 0 aliphatic heterocycles. The first-order valence-electron chi connectivity index (χ1n) is 7.03. The number of hydrogen-bond acceptors (Lipinski definition) is 3. The van der Waals surface area contributed by atoms with Crippen LogP contribution in [0.3, 0.4) is 0 Å². The second-order valence-electron chi connectivity index (χ2n) is 5.31. The van der Waals surface area contributed by atoms with Crippen molar-refractivity contribution in [3.63, 3.8) is 0 Å². The minimum absolute atomic E-state index is 0.0395. The Morgan fingerprint density at radius 3 is 2.85 bits per heavy atom. The van der Waals surface area contributed by atoms with Crippen molar-refractivity contribution in [1.29, 1.82) is 0 Å². The molecular formula is C15H21BrN2O2. The summed E-state index contributed by atoms with van der Waals surface area (Å²) in [5, 5.41) is 3.00.